The highest BCUT2D eigenvalue weighted by Crippen LogP contribution is 2.50. The lowest BCUT2D eigenvalue weighted by molar-refractivity contribution is -0.167. The molecule has 14 rings (SSSR count). The van der Waals surface area contributed by atoms with Gasteiger partial charge in [0.25, 0.3) is 0 Å². The van der Waals surface area contributed by atoms with Crippen LogP contribution in [-0.4, -0.2) is 59.9 Å². The molecule has 0 radical (unpaired) electrons. The van der Waals surface area contributed by atoms with E-state index in [2.05, 4.69) is 182 Å². The summed E-state index contributed by atoms with van der Waals surface area (Å²) in [5, 5.41) is 18.1. The molecule has 0 saturated carbocycles. The van der Waals surface area contributed by atoms with E-state index in [4.69, 9.17) is 19.7 Å². The molecule has 6 atom stereocenters. The van der Waals surface area contributed by atoms with Gasteiger partial charge in [0.1, 0.15) is 12.7 Å². The molecular weight excluding hydrogens is 937 g/mol. The Balaban J connectivity index is 0.677. The molecule has 2 aliphatic carbocycles. The van der Waals surface area contributed by atoms with Crippen molar-refractivity contribution in [1.82, 2.24) is 10.1 Å². The smallest absolute Gasteiger partial charge is 0.335 e. The second-order valence-electron chi connectivity index (χ2n) is 21.3. The summed E-state index contributed by atoms with van der Waals surface area (Å²) in [6.45, 7) is 0.766. The van der Waals surface area contributed by atoms with Crippen LogP contribution in [0, 0.1) is 0 Å². The molecule has 0 amide bonds. The molecular formula is C68H56N4O4. The Morgan fingerprint density at radius 3 is 1.29 bits per heavy atom. The van der Waals surface area contributed by atoms with Crippen molar-refractivity contribution < 1.29 is 19.3 Å². The van der Waals surface area contributed by atoms with E-state index in [-0.39, 0.29) is 35.8 Å². The first-order valence-corrected chi connectivity index (χ1v) is 27.0. The SMILES string of the molecule is O=C(/C=C/C(=O)ON1C=NC(C(c2ccc3ccccc3c2)C2CCCc3c2ccc2c3ccc3ccccc32)C1)ON1C=NC(C(c2ccc3ccccc3c2)C2CCCc3c2ccc2c3ccc3ccccc32)C1. The predicted octanol–water partition coefficient (Wildman–Crippen LogP) is 14.6. The Morgan fingerprint density at radius 2 is 0.829 bits per heavy atom. The summed E-state index contributed by atoms with van der Waals surface area (Å²) >= 11 is 0. The molecule has 0 spiro atoms. The number of rotatable bonds is 10. The normalized spacial score (nSPS) is 20.0. The lowest BCUT2D eigenvalue weighted by atomic mass is 9.69. The van der Waals surface area contributed by atoms with Crippen LogP contribution in [0.25, 0.3) is 64.6 Å². The van der Waals surface area contributed by atoms with Gasteiger partial charge in [-0.25, -0.2) is 9.59 Å². The maximum atomic E-state index is 13.5. The van der Waals surface area contributed by atoms with Crippen LogP contribution in [0.2, 0.25) is 0 Å². The first-order chi connectivity index (χ1) is 37.5. The number of nitrogens with zero attached hydrogens (tertiary/aromatic N) is 4. The van der Waals surface area contributed by atoms with E-state index >= 15 is 0 Å². The van der Waals surface area contributed by atoms with E-state index in [0.29, 0.717) is 13.1 Å². The fourth-order valence-electron chi connectivity index (χ4n) is 13.8. The standard InChI is InChI=1S/C68H56N4O4/c73-65(75-71-39-63(69-41-71)67(49-25-23-43-11-1-3-15-47(43)37-49)61-21-9-19-53-57-29-27-45-13-5-7-17-51(45)55(57)31-33-59(53)61)35-36-66(74)76-72-40-64(70-42-72)68(50-26-24-44-12-2-4-16-48(44)38-50)62-22-10-20-54-58-30-28-46-14-6-8-18-52(46)56(58)32-34-60(54)62/h1-8,11-18,23-38,41-42,61-64,67-68H,9-10,19-22,39-40H2/b36-35+. The Morgan fingerprint density at radius 1 is 0.434 bits per heavy atom. The number of aryl methyl sites for hydroxylation is 2. The van der Waals surface area contributed by atoms with Gasteiger partial charge in [-0.05, 0) is 148 Å². The van der Waals surface area contributed by atoms with Gasteiger partial charge in [0, 0.05) is 24.0 Å². The number of carbonyl (C=O) groups is 2. The van der Waals surface area contributed by atoms with Crippen molar-refractivity contribution in [3.63, 3.8) is 0 Å². The predicted molar refractivity (Wildman–Crippen MR) is 307 cm³/mol. The average Bonchev–Trinajstić information content (AvgIpc) is 4.16. The molecule has 8 nitrogen and oxygen atoms in total. The zero-order chi connectivity index (χ0) is 50.7. The summed E-state index contributed by atoms with van der Waals surface area (Å²) in [5.74, 6) is -0.934. The summed E-state index contributed by atoms with van der Waals surface area (Å²) in [5.41, 5.74) is 8.03. The number of fused-ring (bicyclic) bond motifs is 12. The molecule has 0 bridgehead atoms. The highest BCUT2D eigenvalue weighted by atomic mass is 16.7. The minimum atomic E-state index is -0.686. The summed E-state index contributed by atoms with van der Waals surface area (Å²) in [7, 11) is 0. The highest BCUT2D eigenvalue weighted by molar-refractivity contribution is 6.10. The van der Waals surface area contributed by atoms with Crippen molar-refractivity contribution in [3.8, 4) is 0 Å². The van der Waals surface area contributed by atoms with Crippen molar-refractivity contribution in [2.24, 2.45) is 9.98 Å². The molecule has 8 heteroatoms. The number of hydroxylamine groups is 4. The maximum absolute atomic E-state index is 13.5. The van der Waals surface area contributed by atoms with Gasteiger partial charge in [0.15, 0.2) is 0 Å². The zero-order valence-corrected chi connectivity index (χ0v) is 42.2. The van der Waals surface area contributed by atoms with Crippen LogP contribution in [0.5, 0.6) is 0 Å². The van der Waals surface area contributed by atoms with Crippen LogP contribution < -0.4 is 0 Å². The average molecular weight is 993 g/mol. The van der Waals surface area contributed by atoms with E-state index < -0.39 is 11.9 Å². The Bertz CT molecular complexity index is 3790. The lowest BCUT2D eigenvalue weighted by Crippen LogP contribution is -2.33. The first-order valence-electron chi connectivity index (χ1n) is 27.0. The summed E-state index contributed by atoms with van der Waals surface area (Å²) < 4.78 is 0. The molecule has 6 unspecified atom stereocenters. The van der Waals surface area contributed by atoms with Crippen LogP contribution in [0.1, 0.15) is 82.7 Å². The van der Waals surface area contributed by atoms with Crippen molar-refractivity contribution >= 4 is 89.3 Å². The van der Waals surface area contributed by atoms with Gasteiger partial charge in [-0.2, -0.15) is 10.1 Å². The van der Waals surface area contributed by atoms with Crippen molar-refractivity contribution in [2.75, 3.05) is 13.1 Å². The lowest BCUT2D eigenvalue weighted by Gasteiger charge is -2.36. The number of hydrogen-bond acceptors (Lipinski definition) is 8. The minimum absolute atomic E-state index is 0.0207. The maximum Gasteiger partial charge on any atom is 0.356 e. The molecule has 372 valence electrons. The molecule has 2 aliphatic heterocycles. The van der Waals surface area contributed by atoms with E-state index in [1.165, 1.54) is 108 Å². The minimum Gasteiger partial charge on any atom is -0.335 e. The van der Waals surface area contributed by atoms with E-state index in [1.807, 2.05) is 0 Å². The molecule has 0 aromatic heterocycles. The molecule has 0 N–H and O–H groups in total. The van der Waals surface area contributed by atoms with Crippen LogP contribution in [-0.2, 0) is 32.1 Å². The van der Waals surface area contributed by atoms with Crippen molar-refractivity contribution in [2.45, 2.75) is 74.3 Å². The van der Waals surface area contributed by atoms with Gasteiger partial charge in [-0.3, -0.25) is 9.98 Å². The molecule has 76 heavy (non-hydrogen) atoms. The van der Waals surface area contributed by atoms with Gasteiger partial charge in [0.05, 0.1) is 25.2 Å². The molecule has 4 aliphatic rings. The number of benzene rings is 10. The van der Waals surface area contributed by atoms with Gasteiger partial charge in [-0.1, -0.05) is 182 Å². The number of hydrogen-bond donors (Lipinski definition) is 0. The van der Waals surface area contributed by atoms with Crippen LogP contribution in [0.15, 0.2) is 204 Å². The van der Waals surface area contributed by atoms with E-state index in [0.717, 1.165) is 50.7 Å². The second kappa shape index (κ2) is 19.3. The summed E-state index contributed by atoms with van der Waals surface area (Å²) in [4.78, 5) is 48.8. The molecule has 2 heterocycles. The van der Waals surface area contributed by atoms with Gasteiger partial charge >= 0.3 is 11.9 Å². The largest absolute Gasteiger partial charge is 0.356 e. The Hall–Kier alpha value is -8.62. The molecule has 10 aromatic rings. The van der Waals surface area contributed by atoms with Crippen LogP contribution in [0.4, 0.5) is 0 Å². The Labute approximate surface area is 441 Å². The fourth-order valence-corrected chi connectivity index (χ4v) is 13.8. The zero-order valence-electron chi connectivity index (χ0n) is 42.2. The molecule has 0 fully saturated rings. The monoisotopic (exact) mass is 992 g/mol. The van der Waals surface area contributed by atoms with E-state index in [9.17, 15) is 9.59 Å². The third-order valence-electron chi connectivity index (χ3n) is 17.1. The van der Waals surface area contributed by atoms with Crippen LogP contribution in [0.3, 0.4) is 0 Å². The van der Waals surface area contributed by atoms with Gasteiger partial charge in [-0.15, -0.1) is 0 Å². The third kappa shape index (κ3) is 8.33. The van der Waals surface area contributed by atoms with Gasteiger partial charge < -0.3 is 9.68 Å². The fraction of sp³-hybridized carbons (Fsp3) is 0.206. The Kier molecular flexibility index (Phi) is 11.6. The summed E-state index contributed by atoms with van der Waals surface area (Å²) in [6, 6.07) is 65.9. The topological polar surface area (TPSA) is 83.8 Å². The van der Waals surface area contributed by atoms with E-state index in [1.54, 1.807) is 12.7 Å². The van der Waals surface area contributed by atoms with Gasteiger partial charge in [0.2, 0.25) is 0 Å². The quantitative estimate of drug-likeness (QED) is 0.100. The van der Waals surface area contributed by atoms with Crippen LogP contribution >= 0.6 is 0 Å². The third-order valence-corrected chi connectivity index (χ3v) is 17.1. The van der Waals surface area contributed by atoms with Crippen molar-refractivity contribution in [3.05, 3.63) is 228 Å². The number of carbonyl (C=O) groups excluding carboxylic acids is 2. The highest BCUT2D eigenvalue weighted by Gasteiger charge is 2.40. The molecule has 10 aromatic carbocycles. The van der Waals surface area contributed by atoms with Crippen molar-refractivity contribution in [1.29, 1.82) is 0 Å². The first kappa shape index (κ1) is 46.0. The second-order valence-corrected chi connectivity index (χ2v) is 21.3. The summed E-state index contributed by atoms with van der Waals surface area (Å²) in [6.07, 6.45) is 11.8. The molecule has 0 saturated heterocycles. The number of aliphatic imine (C=N–C) groups is 2.